The van der Waals surface area contributed by atoms with Crippen LogP contribution in [0.15, 0.2) is 45.6 Å². The second-order valence-electron chi connectivity index (χ2n) is 8.98. The van der Waals surface area contributed by atoms with E-state index in [4.69, 9.17) is 9.47 Å². The van der Waals surface area contributed by atoms with E-state index in [1.807, 2.05) is 6.92 Å². The highest BCUT2D eigenvalue weighted by atomic mass is 16.6. The molecule has 198 valence electrons. The van der Waals surface area contributed by atoms with Crippen molar-refractivity contribution in [2.45, 2.75) is 45.1 Å². The van der Waals surface area contributed by atoms with Gasteiger partial charge in [-0.2, -0.15) is 0 Å². The molecule has 0 bridgehead atoms. The number of nitrogens with one attached hydrogen (secondary N) is 2. The minimum absolute atomic E-state index is 0.0253. The standard InChI is InChI=1S/C27H27N3O8/c1-3-9-37-14-22-21(32)12-23(38-22)30-13-17(26(35)29-27(30)36)5-4-8-28-25(34)16-6-7-18-19(11-16)20(31)10-15(2)24(18)33/h6-7,10-11,13,21-23,32H,3,8-9,12,14H2,1-2H3,(H,28,34)(H,29,35,36). The van der Waals surface area contributed by atoms with Gasteiger partial charge in [-0.1, -0.05) is 18.8 Å². The van der Waals surface area contributed by atoms with Crippen molar-refractivity contribution in [1.29, 1.82) is 0 Å². The lowest BCUT2D eigenvalue weighted by Crippen LogP contribution is -2.34. The van der Waals surface area contributed by atoms with Crippen molar-refractivity contribution < 1.29 is 29.0 Å². The van der Waals surface area contributed by atoms with Crippen LogP contribution < -0.4 is 16.6 Å². The van der Waals surface area contributed by atoms with Gasteiger partial charge >= 0.3 is 5.69 Å². The van der Waals surface area contributed by atoms with Crippen LogP contribution in [0.3, 0.4) is 0 Å². The number of ether oxygens (including phenoxy) is 2. The molecule has 1 aliphatic heterocycles. The second kappa shape index (κ2) is 11.5. The fraction of sp³-hybridized carbons (Fsp3) is 0.370. The maximum Gasteiger partial charge on any atom is 0.330 e. The van der Waals surface area contributed by atoms with Crippen LogP contribution >= 0.6 is 0 Å². The summed E-state index contributed by atoms with van der Waals surface area (Å²) in [6.45, 7) is 4.09. The summed E-state index contributed by atoms with van der Waals surface area (Å²) in [7, 11) is 0. The Hall–Kier alpha value is -4.11. The molecule has 11 heteroatoms. The molecule has 3 unspecified atom stereocenters. The summed E-state index contributed by atoms with van der Waals surface area (Å²) in [6, 6.07) is 4.25. The van der Waals surface area contributed by atoms with E-state index in [1.165, 1.54) is 30.5 Å². The summed E-state index contributed by atoms with van der Waals surface area (Å²) < 4.78 is 12.4. The van der Waals surface area contributed by atoms with Crippen molar-refractivity contribution in [1.82, 2.24) is 14.9 Å². The summed E-state index contributed by atoms with van der Waals surface area (Å²) in [5, 5.41) is 12.8. The van der Waals surface area contributed by atoms with Gasteiger partial charge in [0.15, 0.2) is 11.6 Å². The number of rotatable bonds is 7. The van der Waals surface area contributed by atoms with E-state index < -0.39 is 35.6 Å². The van der Waals surface area contributed by atoms with Gasteiger partial charge in [-0.05, 0) is 37.6 Å². The number of benzene rings is 1. The Labute approximate surface area is 217 Å². The number of ketones is 2. The van der Waals surface area contributed by atoms with Gasteiger partial charge in [-0.25, -0.2) is 4.79 Å². The van der Waals surface area contributed by atoms with Crippen molar-refractivity contribution in [3.8, 4) is 11.8 Å². The third-order valence-corrected chi connectivity index (χ3v) is 6.17. The number of aromatic nitrogens is 2. The molecule has 2 heterocycles. The molecule has 4 rings (SSSR count). The highest BCUT2D eigenvalue weighted by molar-refractivity contribution is 6.24. The Morgan fingerprint density at radius 3 is 2.82 bits per heavy atom. The number of aromatic amines is 1. The normalized spacial score (nSPS) is 20.4. The monoisotopic (exact) mass is 521 g/mol. The lowest BCUT2D eigenvalue weighted by Gasteiger charge is -2.16. The van der Waals surface area contributed by atoms with Crippen molar-refractivity contribution >= 4 is 17.5 Å². The highest BCUT2D eigenvalue weighted by Gasteiger charge is 2.35. The summed E-state index contributed by atoms with van der Waals surface area (Å²) in [6.07, 6.45) is 1.21. The van der Waals surface area contributed by atoms with E-state index >= 15 is 0 Å². The predicted octanol–water partition coefficient (Wildman–Crippen LogP) is 0.718. The van der Waals surface area contributed by atoms with Crippen LogP contribution in [0.5, 0.6) is 0 Å². The first-order valence-electron chi connectivity index (χ1n) is 12.1. The molecule has 2 aromatic rings. The third-order valence-electron chi connectivity index (χ3n) is 6.17. The summed E-state index contributed by atoms with van der Waals surface area (Å²) in [5.41, 5.74) is -0.499. The van der Waals surface area contributed by atoms with Crippen LogP contribution in [0.1, 0.15) is 69.6 Å². The van der Waals surface area contributed by atoms with E-state index in [2.05, 4.69) is 22.1 Å². The van der Waals surface area contributed by atoms with Crippen molar-refractivity contribution in [2.24, 2.45) is 0 Å². The fourth-order valence-electron chi connectivity index (χ4n) is 4.17. The number of nitrogens with zero attached hydrogens (tertiary/aromatic N) is 1. The first-order valence-corrected chi connectivity index (χ1v) is 12.1. The van der Waals surface area contributed by atoms with Gasteiger partial charge in [0.1, 0.15) is 17.9 Å². The molecule has 3 atom stereocenters. The quantitative estimate of drug-likeness (QED) is 0.355. The van der Waals surface area contributed by atoms with Crippen LogP contribution in [0.25, 0.3) is 0 Å². The molecule has 0 radical (unpaired) electrons. The number of aliphatic hydroxyl groups excluding tert-OH is 1. The maximum absolute atomic E-state index is 12.5. The molecule has 38 heavy (non-hydrogen) atoms. The maximum atomic E-state index is 12.5. The van der Waals surface area contributed by atoms with Gasteiger partial charge in [-0.3, -0.25) is 28.7 Å². The molecule has 1 saturated heterocycles. The number of carbonyl (C=O) groups excluding carboxylic acids is 3. The van der Waals surface area contributed by atoms with Gasteiger partial charge < -0.3 is 19.9 Å². The molecule has 1 amide bonds. The second-order valence-corrected chi connectivity index (χ2v) is 8.98. The number of carbonyl (C=O) groups is 3. The Morgan fingerprint density at radius 2 is 2.05 bits per heavy atom. The molecule has 1 fully saturated rings. The van der Waals surface area contributed by atoms with Crippen molar-refractivity contribution in [3.05, 3.63) is 79.1 Å². The SMILES string of the molecule is CCCOCC1OC(n2cc(C#CCNC(=O)c3ccc4c(c3)C(=O)C=C(C)C4=O)c(=O)[nH]c2=O)CC1O. The van der Waals surface area contributed by atoms with E-state index in [0.717, 1.165) is 11.0 Å². The topological polar surface area (TPSA) is 157 Å². The predicted molar refractivity (Wildman–Crippen MR) is 135 cm³/mol. The molecule has 1 aromatic heterocycles. The summed E-state index contributed by atoms with van der Waals surface area (Å²) in [4.78, 5) is 63.8. The van der Waals surface area contributed by atoms with E-state index in [1.54, 1.807) is 6.92 Å². The summed E-state index contributed by atoms with van der Waals surface area (Å²) >= 11 is 0. The first-order chi connectivity index (χ1) is 18.2. The molecule has 1 aromatic carbocycles. The average Bonchev–Trinajstić information content (AvgIpc) is 3.25. The Balaban J connectivity index is 1.42. The molecule has 2 aliphatic rings. The number of Topliss-reactive ketones (excluding diaryl/α,β-unsaturated/α-hetero) is 1. The minimum Gasteiger partial charge on any atom is -0.390 e. The first kappa shape index (κ1) is 26.9. The molecule has 11 nitrogen and oxygen atoms in total. The molecule has 3 N–H and O–H groups in total. The number of H-pyrrole nitrogens is 1. The zero-order valence-corrected chi connectivity index (χ0v) is 20.9. The van der Waals surface area contributed by atoms with Gasteiger partial charge in [-0.15, -0.1) is 0 Å². The Kier molecular flexibility index (Phi) is 8.16. The zero-order valence-electron chi connectivity index (χ0n) is 20.9. The molecule has 0 saturated carbocycles. The van der Waals surface area contributed by atoms with Gasteiger partial charge in [0, 0.05) is 41.5 Å². The highest BCUT2D eigenvalue weighted by Crippen LogP contribution is 2.28. The van der Waals surface area contributed by atoms with Gasteiger partial charge in [0.2, 0.25) is 0 Å². The summed E-state index contributed by atoms with van der Waals surface area (Å²) in [5.74, 6) is 4.16. The lowest BCUT2D eigenvalue weighted by molar-refractivity contribution is -0.0633. The third kappa shape index (κ3) is 5.73. The molecular formula is C27H27N3O8. The number of aliphatic hydroxyl groups is 1. The number of allylic oxidation sites excluding steroid dienone is 2. The number of fused-ring (bicyclic) bond motifs is 1. The largest absolute Gasteiger partial charge is 0.390 e. The average molecular weight is 522 g/mol. The Bertz CT molecular complexity index is 1490. The van der Waals surface area contributed by atoms with E-state index in [0.29, 0.717) is 12.2 Å². The Morgan fingerprint density at radius 1 is 1.26 bits per heavy atom. The van der Waals surface area contributed by atoms with Gasteiger partial charge in [0.25, 0.3) is 11.5 Å². The van der Waals surface area contributed by atoms with E-state index in [-0.39, 0.29) is 53.4 Å². The van der Waals surface area contributed by atoms with Crippen LogP contribution in [0.2, 0.25) is 0 Å². The number of hydrogen-bond acceptors (Lipinski definition) is 8. The van der Waals surface area contributed by atoms with Crippen LogP contribution in [0.4, 0.5) is 0 Å². The van der Waals surface area contributed by atoms with Crippen LogP contribution in [0, 0.1) is 11.8 Å². The molecule has 1 aliphatic carbocycles. The van der Waals surface area contributed by atoms with Crippen LogP contribution in [-0.2, 0) is 9.47 Å². The van der Waals surface area contributed by atoms with Crippen LogP contribution in [-0.4, -0.2) is 64.1 Å². The molecular weight excluding hydrogens is 494 g/mol. The van der Waals surface area contributed by atoms with Gasteiger partial charge in [0.05, 0.1) is 19.3 Å². The lowest BCUT2D eigenvalue weighted by atomic mass is 9.89. The van der Waals surface area contributed by atoms with Crippen molar-refractivity contribution in [3.63, 3.8) is 0 Å². The van der Waals surface area contributed by atoms with Crippen molar-refractivity contribution in [2.75, 3.05) is 19.8 Å². The molecule has 0 spiro atoms. The fourth-order valence-corrected chi connectivity index (χ4v) is 4.17. The zero-order chi connectivity index (χ0) is 27.4. The minimum atomic E-state index is -0.836. The smallest absolute Gasteiger partial charge is 0.330 e. The number of hydrogen-bond donors (Lipinski definition) is 3. The van der Waals surface area contributed by atoms with E-state index in [9.17, 15) is 29.1 Å². The number of amides is 1.